The zero-order valence-corrected chi connectivity index (χ0v) is 23.7. The van der Waals surface area contributed by atoms with Crippen molar-refractivity contribution in [1.29, 1.82) is 0 Å². The number of benzene rings is 1. The zero-order chi connectivity index (χ0) is 22.6. The molecule has 0 radical (unpaired) electrons. The van der Waals surface area contributed by atoms with Crippen LogP contribution in [-0.4, -0.2) is 13.1 Å². The van der Waals surface area contributed by atoms with Crippen LogP contribution in [-0.2, 0) is 27.9 Å². The number of carbonyl (C=O) groups excluding carboxylic acids is 1. The van der Waals surface area contributed by atoms with E-state index in [-0.39, 0.29) is 35.4 Å². The SMILES string of the molecule is CC[n+]1c(-c2cc3c(cc2C(C)C)CC[C@H]2[C@](C)(C(=O)OC)CCC[C@]32C)csc1C.[I-]. The fourth-order valence-corrected chi connectivity index (χ4v) is 7.64. The van der Waals surface area contributed by atoms with Crippen LogP contribution in [0.25, 0.3) is 11.3 Å². The number of aromatic nitrogens is 1. The smallest absolute Gasteiger partial charge is 0.311 e. The lowest BCUT2D eigenvalue weighted by molar-refractivity contribution is -0.683. The van der Waals surface area contributed by atoms with Crippen molar-refractivity contribution in [2.75, 3.05) is 7.11 Å². The number of aryl methyl sites for hydroxylation is 2. The summed E-state index contributed by atoms with van der Waals surface area (Å²) in [4.78, 5) is 12.9. The van der Waals surface area contributed by atoms with E-state index in [1.54, 1.807) is 7.11 Å². The third-order valence-electron chi connectivity index (χ3n) is 8.40. The Morgan fingerprint density at radius 1 is 1.28 bits per heavy atom. The maximum Gasteiger partial charge on any atom is 0.311 e. The van der Waals surface area contributed by atoms with E-state index in [1.165, 1.54) is 33.0 Å². The number of hydrogen-bond donors (Lipinski definition) is 0. The van der Waals surface area contributed by atoms with Gasteiger partial charge in [0.25, 0.3) is 0 Å². The molecule has 32 heavy (non-hydrogen) atoms. The molecule has 0 aliphatic heterocycles. The van der Waals surface area contributed by atoms with Crippen LogP contribution in [0.3, 0.4) is 0 Å². The highest BCUT2D eigenvalue weighted by Gasteiger charge is 2.55. The summed E-state index contributed by atoms with van der Waals surface area (Å²) in [5.74, 6) is 0.778. The Morgan fingerprint density at radius 3 is 2.62 bits per heavy atom. The van der Waals surface area contributed by atoms with Crippen LogP contribution in [0.5, 0.6) is 0 Å². The number of ether oxygens (including phenoxy) is 1. The Bertz CT molecular complexity index is 1010. The van der Waals surface area contributed by atoms with Crippen molar-refractivity contribution >= 4 is 17.3 Å². The summed E-state index contributed by atoms with van der Waals surface area (Å²) in [6, 6.07) is 5.00. The van der Waals surface area contributed by atoms with Gasteiger partial charge in [-0.25, -0.2) is 0 Å². The average molecular weight is 568 g/mol. The first-order chi connectivity index (χ1) is 14.7. The van der Waals surface area contributed by atoms with Gasteiger partial charge in [-0.1, -0.05) is 44.6 Å². The number of esters is 1. The molecule has 0 N–H and O–H groups in total. The molecule has 1 saturated carbocycles. The van der Waals surface area contributed by atoms with Gasteiger partial charge in [0.1, 0.15) is 6.54 Å². The van der Waals surface area contributed by atoms with Gasteiger partial charge in [0.05, 0.1) is 23.5 Å². The molecule has 0 bridgehead atoms. The first kappa shape index (κ1) is 25.7. The van der Waals surface area contributed by atoms with Crippen LogP contribution in [0.4, 0.5) is 0 Å². The molecule has 0 unspecified atom stereocenters. The topological polar surface area (TPSA) is 30.2 Å². The number of rotatable bonds is 4. The lowest BCUT2D eigenvalue weighted by Crippen LogP contribution is -3.00. The average Bonchev–Trinajstić information content (AvgIpc) is 3.12. The first-order valence-electron chi connectivity index (χ1n) is 11.9. The molecule has 2 aromatic rings. The third kappa shape index (κ3) is 3.85. The second-order valence-corrected chi connectivity index (χ2v) is 11.5. The molecule has 0 saturated heterocycles. The summed E-state index contributed by atoms with van der Waals surface area (Å²) < 4.78 is 7.76. The van der Waals surface area contributed by atoms with Crippen molar-refractivity contribution in [3.05, 3.63) is 39.2 Å². The summed E-state index contributed by atoms with van der Waals surface area (Å²) in [5, 5.41) is 3.68. The van der Waals surface area contributed by atoms with Crippen LogP contribution in [0, 0.1) is 18.3 Å². The molecular weight excluding hydrogens is 529 g/mol. The van der Waals surface area contributed by atoms with Gasteiger partial charge in [0, 0.05) is 6.92 Å². The number of carbonyl (C=O) groups is 1. The van der Waals surface area contributed by atoms with E-state index < -0.39 is 5.41 Å². The highest BCUT2D eigenvalue weighted by Crippen LogP contribution is 2.58. The molecule has 176 valence electrons. The van der Waals surface area contributed by atoms with Gasteiger partial charge in [0.15, 0.2) is 0 Å². The fraction of sp³-hybridized carbons (Fsp3) is 0.630. The van der Waals surface area contributed by atoms with E-state index in [1.807, 2.05) is 11.3 Å². The molecule has 1 fully saturated rings. The molecule has 2 aliphatic rings. The minimum atomic E-state index is -0.390. The number of halogens is 1. The van der Waals surface area contributed by atoms with Crippen LogP contribution >= 0.6 is 11.3 Å². The Labute approximate surface area is 215 Å². The molecule has 3 nitrogen and oxygen atoms in total. The van der Waals surface area contributed by atoms with Crippen molar-refractivity contribution < 1.29 is 38.1 Å². The maximum atomic E-state index is 12.9. The quantitative estimate of drug-likeness (QED) is 0.323. The molecule has 5 heteroatoms. The number of fused-ring (bicyclic) bond motifs is 3. The first-order valence-corrected chi connectivity index (χ1v) is 12.8. The normalized spacial score (nSPS) is 26.8. The molecule has 2 aliphatic carbocycles. The molecule has 0 amide bonds. The van der Waals surface area contributed by atoms with Crippen molar-refractivity contribution in [1.82, 2.24) is 0 Å². The molecule has 1 heterocycles. The number of methoxy groups -OCH3 is 1. The predicted octanol–water partition coefficient (Wildman–Crippen LogP) is 3.34. The summed E-state index contributed by atoms with van der Waals surface area (Å²) in [6.45, 7) is 14.6. The predicted molar refractivity (Wildman–Crippen MR) is 128 cm³/mol. The van der Waals surface area contributed by atoms with E-state index >= 15 is 0 Å². The van der Waals surface area contributed by atoms with Crippen molar-refractivity contribution in [2.24, 2.45) is 11.3 Å². The van der Waals surface area contributed by atoms with Gasteiger partial charge in [-0.2, -0.15) is 4.57 Å². The lowest BCUT2D eigenvalue weighted by Gasteiger charge is -2.54. The lowest BCUT2D eigenvalue weighted by atomic mass is 9.49. The Balaban J connectivity index is 0.00000289. The van der Waals surface area contributed by atoms with Crippen molar-refractivity contribution in [3.8, 4) is 11.3 Å². The van der Waals surface area contributed by atoms with Gasteiger partial charge in [-0.3, -0.25) is 4.79 Å². The molecule has 1 aromatic heterocycles. The van der Waals surface area contributed by atoms with Gasteiger partial charge in [-0.05, 0) is 79.5 Å². The zero-order valence-electron chi connectivity index (χ0n) is 20.7. The van der Waals surface area contributed by atoms with Crippen molar-refractivity contribution in [3.63, 3.8) is 0 Å². The van der Waals surface area contributed by atoms with Crippen LogP contribution in [0.2, 0.25) is 0 Å². The largest absolute Gasteiger partial charge is 1.00 e. The van der Waals surface area contributed by atoms with Crippen LogP contribution in [0.15, 0.2) is 17.5 Å². The minimum Gasteiger partial charge on any atom is -1.00 e. The Morgan fingerprint density at radius 2 is 2.00 bits per heavy atom. The molecule has 3 atom stereocenters. The second kappa shape index (κ2) is 9.36. The second-order valence-electron chi connectivity index (χ2n) is 10.4. The van der Waals surface area contributed by atoms with E-state index in [0.717, 1.165) is 38.6 Å². The summed E-state index contributed by atoms with van der Waals surface area (Å²) in [6.07, 6.45) is 5.28. The van der Waals surface area contributed by atoms with Gasteiger partial charge in [-0.15, -0.1) is 0 Å². The maximum absolute atomic E-state index is 12.9. The Kier molecular flexibility index (Phi) is 7.51. The van der Waals surface area contributed by atoms with E-state index in [2.05, 4.69) is 63.6 Å². The summed E-state index contributed by atoms with van der Waals surface area (Å²) in [7, 11) is 1.55. The number of nitrogens with zero attached hydrogens (tertiary/aromatic N) is 1. The van der Waals surface area contributed by atoms with Crippen LogP contribution < -0.4 is 28.5 Å². The third-order valence-corrected chi connectivity index (χ3v) is 9.30. The van der Waals surface area contributed by atoms with Gasteiger partial charge < -0.3 is 28.7 Å². The number of hydrogen-bond acceptors (Lipinski definition) is 3. The molecule has 1 aromatic carbocycles. The van der Waals surface area contributed by atoms with Crippen molar-refractivity contribution in [2.45, 2.75) is 91.5 Å². The standard InChI is InChI=1S/C27H38NO2S.HI/c1-8-28-18(4)31-16-23(28)21-15-22-19(14-20(21)17(2)3)10-11-24-26(22,5)12-9-13-27(24,6)25(29)30-7;/h14-17,24H,8-13H2,1-7H3;1H/q+1;/p-1/t24-,26-,27-;/m1./s1. The Hall–Kier alpha value is -0.950. The minimum absolute atomic E-state index is 0. The monoisotopic (exact) mass is 567 g/mol. The molecule has 4 rings (SSSR count). The van der Waals surface area contributed by atoms with Gasteiger partial charge in [0.2, 0.25) is 10.7 Å². The van der Waals surface area contributed by atoms with E-state index in [9.17, 15) is 4.79 Å². The highest BCUT2D eigenvalue weighted by atomic mass is 127. The highest BCUT2D eigenvalue weighted by molar-refractivity contribution is 7.09. The van der Waals surface area contributed by atoms with Crippen LogP contribution in [0.1, 0.15) is 87.9 Å². The molecular formula is C27H38INO2S. The van der Waals surface area contributed by atoms with E-state index in [0.29, 0.717) is 11.8 Å². The molecule has 0 spiro atoms. The van der Waals surface area contributed by atoms with E-state index in [4.69, 9.17) is 4.74 Å². The number of thiazole rings is 1. The van der Waals surface area contributed by atoms with Gasteiger partial charge >= 0.3 is 5.97 Å². The summed E-state index contributed by atoms with van der Waals surface area (Å²) in [5.41, 5.74) is 6.77. The summed E-state index contributed by atoms with van der Waals surface area (Å²) >= 11 is 1.84. The fourth-order valence-electron chi connectivity index (χ4n) is 6.75.